The van der Waals surface area contributed by atoms with E-state index in [1.165, 1.54) is 327 Å². The summed E-state index contributed by atoms with van der Waals surface area (Å²) in [7, 11) is -2.08. The maximum Gasteiger partial charge on any atom is 0.501 e. The van der Waals surface area contributed by atoms with E-state index in [4.69, 9.17) is 13.3 Å². The molecule has 0 aliphatic rings. The normalized spacial score (nSPS) is 12.4. The summed E-state index contributed by atoms with van der Waals surface area (Å²) in [6, 6.07) is 0.137. The number of rotatable bonds is 94. The molecule has 0 fully saturated rings. The van der Waals surface area contributed by atoms with Crippen LogP contribution in [-0.2, 0) is 27.7 Å². The second kappa shape index (κ2) is 81.2. The van der Waals surface area contributed by atoms with Gasteiger partial charge in [0.1, 0.15) is 16.6 Å². The van der Waals surface area contributed by atoms with Gasteiger partial charge in [-0.3, -0.25) is 14.4 Å². The van der Waals surface area contributed by atoms with E-state index in [0.29, 0.717) is 32.2 Å². The molecular weight excluding hydrogens is 1430 g/mol. The van der Waals surface area contributed by atoms with Crippen LogP contribution in [0, 0.1) is 0 Å². The third-order valence-corrected chi connectivity index (χ3v) is 27.3. The number of carbonyl (C=O) groups excluding carboxylic acids is 3. The Kier molecular flexibility index (Phi) is 80.0. The number of quaternary nitrogens is 1. The van der Waals surface area contributed by atoms with Crippen LogP contribution >= 0.6 is 0 Å². The topological polar surface area (TPSA) is 236 Å². The molecule has 0 saturated carbocycles. The molecule has 0 spiro atoms. The number of unbranched alkanes of at least 4 members (excludes halogenated alkanes) is 62. The molecule has 674 valence electrons. The molecule has 0 aliphatic heterocycles. The van der Waals surface area contributed by atoms with Gasteiger partial charge < -0.3 is 64.4 Å². The average Bonchev–Trinajstić information content (AvgIpc) is 0.809. The number of carbonyl (C=O) groups is 3. The minimum absolute atomic E-state index is 0.137. The Morgan fingerprint density at radius 3 is 0.558 bits per heavy atom. The van der Waals surface area contributed by atoms with E-state index in [1.54, 1.807) is 0 Å². The maximum absolute atomic E-state index is 14.0. The first kappa shape index (κ1) is 111. The largest absolute Gasteiger partial charge is 0.501 e. The smallest absolute Gasteiger partial charge is 0.394 e. The van der Waals surface area contributed by atoms with Gasteiger partial charge in [0.15, 0.2) is 0 Å². The van der Waals surface area contributed by atoms with Gasteiger partial charge in [0, 0.05) is 31.7 Å². The number of hydrogen-bond acceptors (Lipinski definition) is 12. The molecule has 0 aliphatic carbocycles. The number of aliphatic hydroxyl groups excluding tert-OH is 6. The van der Waals surface area contributed by atoms with Gasteiger partial charge in [-0.15, -0.1) is 0 Å². The van der Waals surface area contributed by atoms with Crippen molar-refractivity contribution in [1.29, 1.82) is 0 Å². The van der Waals surface area contributed by atoms with Gasteiger partial charge in [-0.2, -0.15) is 0 Å². The van der Waals surface area contributed by atoms with Crippen LogP contribution in [0.4, 0.5) is 0 Å². The second-order valence-electron chi connectivity index (χ2n) is 36.0. The Bertz CT molecular complexity index is 1830. The highest BCUT2D eigenvalue weighted by Gasteiger charge is 2.49. The lowest BCUT2D eigenvalue weighted by Gasteiger charge is -2.41. The minimum Gasteiger partial charge on any atom is -0.394 e. The Balaban J connectivity index is 7.26. The summed E-state index contributed by atoms with van der Waals surface area (Å²) in [6.07, 6.45) is 82.5. The lowest BCUT2D eigenvalue weighted by molar-refractivity contribution is -0.910. The molecule has 0 heterocycles. The highest BCUT2D eigenvalue weighted by Crippen LogP contribution is 2.29. The van der Waals surface area contributed by atoms with Gasteiger partial charge in [-0.1, -0.05) is 420 Å². The van der Waals surface area contributed by atoms with Crippen molar-refractivity contribution in [1.82, 2.24) is 16.0 Å². The molecule has 16 nitrogen and oxygen atoms in total. The molecule has 9 N–H and O–H groups in total. The molecule has 0 aromatic carbocycles. The van der Waals surface area contributed by atoms with Crippen LogP contribution in [0.2, 0.25) is 6.04 Å². The maximum atomic E-state index is 14.0. The molecule has 0 atom stereocenters. The summed E-state index contributed by atoms with van der Waals surface area (Å²) >= 11 is 0. The highest BCUT2D eigenvalue weighted by molar-refractivity contribution is 6.60. The van der Waals surface area contributed by atoms with Crippen LogP contribution < -0.4 is 16.0 Å². The first-order valence-corrected chi connectivity index (χ1v) is 51.4. The number of amides is 3. The van der Waals surface area contributed by atoms with Gasteiger partial charge in [0.05, 0.1) is 86.1 Å². The monoisotopic (exact) mass is 1620 g/mol. The van der Waals surface area contributed by atoms with Crippen molar-refractivity contribution >= 4 is 26.5 Å². The van der Waals surface area contributed by atoms with Crippen molar-refractivity contribution in [2.24, 2.45) is 0 Å². The van der Waals surface area contributed by atoms with Crippen LogP contribution in [0.15, 0.2) is 0 Å². The predicted octanol–water partition coefficient (Wildman–Crippen LogP) is 23.7. The molecule has 113 heavy (non-hydrogen) atoms. The van der Waals surface area contributed by atoms with Crippen molar-refractivity contribution < 1.29 is 62.8 Å². The molecule has 0 aromatic heterocycles. The zero-order valence-electron chi connectivity index (χ0n) is 76.0. The number of nitrogens with zero attached hydrogens (tertiary/aromatic N) is 1. The molecule has 0 bridgehead atoms. The van der Waals surface area contributed by atoms with Gasteiger partial charge in [-0.25, -0.2) is 0 Å². The molecule has 0 saturated heterocycles. The summed E-state index contributed by atoms with van der Waals surface area (Å²) in [5, 5.41) is 76.9. The van der Waals surface area contributed by atoms with Crippen LogP contribution in [0.25, 0.3) is 0 Å². The molecule has 0 radical (unpaired) electrons. The summed E-state index contributed by atoms with van der Waals surface area (Å²) < 4.78 is 22.0. The third kappa shape index (κ3) is 66.6. The first-order chi connectivity index (χ1) is 55.2. The van der Waals surface area contributed by atoms with Crippen LogP contribution in [0.1, 0.15) is 490 Å². The lowest BCUT2D eigenvalue weighted by Crippen LogP contribution is -2.65. The quantitative estimate of drug-likeness (QED) is 0.0157. The van der Waals surface area contributed by atoms with E-state index < -0.39 is 84.9 Å². The van der Waals surface area contributed by atoms with E-state index in [2.05, 4.69) is 57.6 Å². The van der Waals surface area contributed by atoms with Gasteiger partial charge in [0.2, 0.25) is 17.7 Å². The van der Waals surface area contributed by atoms with E-state index in [-0.39, 0.29) is 43.0 Å². The Hall–Kier alpha value is -1.77. The number of hydrogen-bond donors (Lipinski definition) is 9. The summed E-state index contributed by atoms with van der Waals surface area (Å²) in [5.41, 5.74) is -5.11. The first-order valence-electron chi connectivity index (χ1n) is 49.5. The molecule has 17 heteroatoms. The Morgan fingerprint density at radius 2 is 0.389 bits per heavy atom. The summed E-state index contributed by atoms with van der Waals surface area (Å²) in [4.78, 5) is 42.1. The molecule has 0 aromatic rings. The van der Waals surface area contributed by atoms with Crippen LogP contribution in [0.3, 0.4) is 0 Å². The fourth-order valence-electron chi connectivity index (χ4n) is 16.2. The van der Waals surface area contributed by atoms with Gasteiger partial charge in [0.25, 0.3) is 0 Å². The van der Waals surface area contributed by atoms with E-state index in [9.17, 15) is 45.0 Å². The zero-order valence-corrected chi connectivity index (χ0v) is 77.0. The molecular formula is C96H195N4O12Si+. The minimum atomic E-state index is -4.44. The van der Waals surface area contributed by atoms with Crippen molar-refractivity contribution in [3.05, 3.63) is 0 Å². The third-order valence-electron chi connectivity index (χ3n) is 24.5. The zero-order chi connectivity index (χ0) is 82.9. The summed E-state index contributed by atoms with van der Waals surface area (Å²) in [6.45, 7) is 8.45. The van der Waals surface area contributed by atoms with Crippen molar-refractivity contribution in [3.8, 4) is 0 Å². The van der Waals surface area contributed by atoms with Crippen molar-refractivity contribution in [2.45, 2.75) is 513 Å². The van der Waals surface area contributed by atoms with Crippen molar-refractivity contribution in [3.63, 3.8) is 0 Å². The second-order valence-corrected chi connectivity index (χ2v) is 38.8. The standard InChI is InChI=1S/C96H194N4O12Si/c1-7-12-17-22-27-32-37-42-47-52-57-62-67-72-78-100(6,79-73-68-63-58-53-48-43-38-33-28-23-18-13-8-2)80-74-81-113(110-88-94(82-101,83-102)97-91(107)75-69-64-59-54-49-44-39-34-29-24-19-14-9-3,111-89-95(84-103,85-104)98-92(108)76-70-65-60-55-50-45-40-35-30-25-20-15-10-4)112-90-96(86-105,87-106)99-93(109)77-71-66-61-56-51-46-41-36-31-26-21-16-11-5/h101-106H,7-90H2,1-6H3,(H2-,97,98,99,107,108,109)/p+1. The van der Waals surface area contributed by atoms with Gasteiger partial charge >= 0.3 is 8.80 Å². The van der Waals surface area contributed by atoms with E-state index >= 15 is 0 Å². The summed E-state index contributed by atoms with van der Waals surface area (Å²) in [5.74, 6) is -1.03. The number of nitrogens with one attached hydrogen (secondary N) is 3. The van der Waals surface area contributed by atoms with Crippen LogP contribution in [0.5, 0.6) is 0 Å². The fourth-order valence-corrected chi connectivity index (χ4v) is 19.0. The van der Waals surface area contributed by atoms with Crippen LogP contribution in [-0.4, -0.2) is 164 Å². The Morgan fingerprint density at radius 1 is 0.239 bits per heavy atom. The predicted molar refractivity (Wildman–Crippen MR) is 481 cm³/mol. The van der Waals surface area contributed by atoms with E-state index in [0.717, 1.165) is 101 Å². The lowest BCUT2D eigenvalue weighted by atomic mass is 10.0. The number of aliphatic hydroxyl groups is 6. The highest BCUT2D eigenvalue weighted by atomic mass is 28.4. The molecule has 0 rings (SSSR count). The van der Waals surface area contributed by atoms with Crippen molar-refractivity contribution in [2.75, 3.05) is 86.1 Å². The average molecular weight is 1630 g/mol. The fraction of sp³-hybridized carbons (Fsp3) is 0.969. The Labute approximate surface area is 700 Å². The van der Waals surface area contributed by atoms with E-state index in [1.807, 2.05) is 0 Å². The SMILES string of the molecule is CCCCCCCCCCCCCCCC[N+](C)(CCCCCCCCCCCCCCCC)CCC[Si](OCC(CO)(CO)NC(=O)CCCCCCCCCCCCCCC)(OCC(CO)(CO)NC(=O)CCCCCCCCCCCCCCC)OCC(CO)(CO)NC(=O)CCCCCCCCCCCCCCC. The molecule has 3 amide bonds. The van der Waals surface area contributed by atoms with Gasteiger partial charge in [-0.05, 0) is 44.9 Å². The molecule has 0 unspecified atom stereocenters.